The number of hydrogen-bond donors (Lipinski definition) is 1. The fraction of sp³-hybridized carbons (Fsp3) is 0.389. The van der Waals surface area contributed by atoms with Gasteiger partial charge in [-0.15, -0.1) is 11.3 Å². The van der Waals surface area contributed by atoms with Crippen molar-refractivity contribution < 1.29 is 9.53 Å². The Labute approximate surface area is 136 Å². The molecule has 0 aliphatic rings. The van der Waals surface area contributed by atoms with E-state index in [0.717, 1.165) is 4.88 Å². The van der Waals surface area contributed by atoms with E-state index in [1.54, 1.807) is 18.3 Å². The van der Waals surface area contributed by atoms with Crippen molar-refractivity contribution in [1.82, 2.24) is 5.32 Å². The minimum absolute atomic E-state index is 0.0261. The molecule has 1 heterocycles. The molecule has 0 fully saturated rings. The zero-order chi connectivity index (χ0) is 16.2. The van der Waals surface area contributed by atoms with Crippen molar-refractivity contribution in [2.45, 2.75) is 39.8 Å². The third-order valence-corrected chi connectivity index (χ3v) is 4.34. The Morgan fingerprint density at radius 2 is 1.82 bits per heavy atom. The molecule has 2 unspecified atom stereocenters. The van der Waals surface area contributed by atoms with Gasteiger partial charge in [0, 0.05) is 4.88 Å². The second-order valence-corrected chi connectivity index (χ2v) is 7.38. The van der Waals surface area contributed by atoms with E-state index in [-0.39, 0.29) is 17.4 Å². The average molecular weight is 317 g/mol. The summed E-state index contributed by atoms with van der Waals surface area (Å²) >= 11 is 1.66. The van der Waals surface area contributed by atoms with Crippen molar-refractivity contribution in [3.8, 4) is 5.75 Å². The zero-order valence-electron chi connectivity index (χ0n) is 13.5. The van der Waals surface area contributed by atoms with Crippen molar-refractivity contribution in [2.24, 2.45) is 5.41 Å². The fourth-order valence-electron chi connectivity index (χ4n) is 2.19. The number of rotatable bonds is 5. The SMILES string of the molecule is CC(Oc1ccccc1)C(=O)NC(c1cccs1)C(C)(C)C. The van der Waals surface area contributed by atoms with Gasteiger partial charge in [-0.25, -0.2) is 0 Å². The van der Waals surface area contributed by atoms with Crippen LogP contribution < -0.4 is 10.1 Å². The summed E-state index contributed by atoms with van der Waals surface area (Å²) in [4.78, 5) is 13.6. The maximum Gasteiger partial charge on any atom is 0.261 e. The molecule has 0 aliphatic carbocycles. The molecule has 2 atom stereocenters. The van der Waals surface area contributed by atoms with Crippen LogP contribution in [0.3, 0.4) is 0 Å². The van der Waals surface area contributed by atoms with Crippen LogP contribution in [0.15, 0.2) is 47.8 Å². The minimum Gasteiger partial charge on any atom is -0.481 e. The summed E-state index contributed by atoms with van der Waals surface area (Å²) in [5.74, 6) is 0.603. The Hall–Kier alpha value is -1.81. The Morgan fingerprint density at radius 3 is 2.36 bits per heavy atom. The molecule has 0 aliphatic heterocycles. The third kappa shape index (κ3) is 4.34. The lowest BCUT2D eigenvalue weighted by atomic mass is 9.85. The number of para-hydroxylation sites is 1. The van der Waals surface area contributed by atoms with Gasteiger partial charge in [0.2, 0.25) is 0 Å². The topological polar surface area (TPSA) is 38.3 Å². The monoisotopic (exact) mass is 317 g/mol. The molecule has 1 N–H and O–H groups in total. The van der Waals surface area contributed by atoms with E-state index < -0.39 is 6.10 Å². The summed E-state index contributed by atoms with van der Waals surface area (Å²) < 4.78 is 5.70. The maximum absolute atomic E-state index is 12.5. The fourth-order valence-corrected chi connectivity index (χ4v) is 3.21. The summed E-state index contributed by atoms with van der Waals surface area (Å²) in [6.07, 6.45) is -0.535. The number of ether oxygens (including phenoxy) is 1. The molecular weight excluding hydrogens is 294 g/mol. The number of amides is 1. The van der Waals surface area contributed by atoms with Gasteiger partial charge in [0.05, 0.1) is 6.04 Å². The molecule has 22 heavy (non-hydrogen) atoms. The number of hydrogen-bond acceptors (Lipinski definition) is 3. The molecule has 0 spiro atoms. The van der Waals surface area contributed by atoms with Crippen LogP contribution in [0.1, 0.15) is 38.6 Å². The van der Waals surface area contributed by atoms with E-state index in [1.807, 2.05) is 41.8 Å². The van der Waals surface area contributed by atoms with E-state index in [1.165, 1.54) is 0 Å². The first-order chi connectivity index (χ1) is 10.4. The van der Waals surface area contributed by atoms with Crippen molar-refractivity contribution in [3.63, 3.8) is 0 Å². The molecule has 1 aromatic carbocycles. The van der Waals surface area contributed by atoms with Crippen molar-refractivity contribution >= 4 is 17.2 Å². The van der Waals surface area contributed by atoms with Crippen LogP contribution in [-0.4, -0.2) is 12.0 Å². The molecule has 0 saturated heterocycles. The molecule has 1 amide bonds. The number of carbonyl (C=O) groups is 1. The molecule has 0 bridgehead atoms. The van der Waals surface area contributed by atoms with Gasteiger partial charge in [-0.3, -0.25) is 4.79 Å². The Balaban J connectivity index is 2.05. The van der Waals surface area contributed by atoms with Gasteiger partial charge < -0.3 is 10.1 Å². The highest BCUT2D eigenvalue weighted by Gasteiger charge is 2.30. The molecule has 4 heteroatoms. The number of carbonyl (C=O) groups excluding carboxylic acids is 1. The first-order valence-electron chi connectivity index (χ1n) is 7.43. The predicted octanol–water partition coefficient (Wildman–Crippen LogP) is 4.42. The zero-order valence-corrected chi connectivity index (χ0v) is 14.3. The normalized spacial score (nSPS) is 14.2. The van der Waals surface area contributed by atoms with Crippen molar-refractivity contribution in [3.05, 3.63) is 52.7 Å². The van der Waals surface area contributed by atoms with Gasteiger partial charge in [-0.2, -0.15) is 0 Å². The number of benzene rings is 1. The van der Waals surface area contributed by atoms with Crippen LogP contribution in [0.25, 0.3) is 0 Å². The van der Waals surface area contributed by atoms with Crippen LogP contribution in [0.2, 0.25) is 0 Å². The van der Waals surface area contributed by atoms with Crippen LogP contribution in [0.4, 0.5) is 0 Å². The van der Waals surface area contributed by atoms with E-state index in [4.69, 9.17) is 4.74 Å². The summed E-state index contributed by atoms with van der Waals surface area (Å²) in [5.41, 5.74) is -0.0625. The molecule has 0 saturated carbocycles. The molecule has 3 nitrogen and oxygen atoms in total. The standard InChI is InChI=1S/C18H23NO2S/c1-13(21-14-9-6-5-7-10-14)17(20)19-16(18(2,3)4)15-11-8-12-22-15/h5-13,16H,1-4H3,(H,19,20). The maximum atomic E-state index is 12.5. The minimum atomic E-state index is -0.535. The highest BCUT2D eigenvalue weighted by atomic mass is 32.1. The molecule has 118 valence electrons. The quantitative estimate of drug-likeness (QED) is 0.886. The first-order valence-corrected chi connectivity index (χ1v) is 8.31. The van der Waals surface area contributed by atoms with Gasteiger partial charge in [-0.1, -0.05) is 45.0 Å². The molecular formula is C18H23NO2S. The van der Waals surface area contributed by atoms with E-state index in [2.05, 4.69) is 32.2 Å². The smallest absolute Gasteiger partial charge is 0.261 e. The summed E-state index contributed by atoms with van der Waals surface area (Å²) in [6, 6.07) is 13.5. The summed E-state index contributed by atoms with van der Waals surface area (Å²) in [7, 11) is 0. The van der Waals surface area contributed by atoms with Crippen LogP contribution in [0, 0.1) is 5.41 Å². The molecule has 2 aromatic rings. The van der Waals surface area contributed by atoms with E-state index >= 15 is 0 Å². The Kier molecular flexibility index (Phi) is 5.24. The van der Waals surface area contributed by atoms with Gasteiger partial charge in [0.15, 0.2) is 6.10 Å². The average Bonchev–Trinajstić information content (AvgIpc) is 2.98. The van der Waals surface area contributed by atoms with Gasteiger partial charge >= 0.3 is 0 Å². The van der Waals surface area contributed by atoms with Crippen LogP contribution in [0.5, 0.6) is 5.75 Å². The highest BCUT2D eigenvalue weighted by Crippen LogP contribution is 2.35. The van der Waals surface area contributed by atoms with Gasteiger partial charge in [-0.05, 0) is 35.9 Å². The van der Waals surface area contributed by atoms with Crippen LogP contribution in [-0.2, 0) is 4.79 Å². The molecule has 2 rings (SSSR count). The number of thiophene rings is 1. The van der Waals surface area contributed by atoms with Crippen LogP contribution >= 0.6 is 11.3 Å². The highest BCUT2D eigenvalue weighted by molar-refractivity contribution is 7.10. The lowest BCUT2D eigenvalue weighted by molar-refractivity contribution is -0.128. The van der Waals surface area contributed by atoms with Gasteiger partial charge in [0.25, 0.3) is 5.91 Å². The van der Waals surface area contributed by atoms with Crippen molar-refractivity contribution in [1.29, 1.82) is 0 Å². The second-order valence-electron chi connectivity index (χ2n) is 6.40. The largest absolute Gasteiger partial charge is 0.481 e. The van der Waals surface area contributed by atoms with Gasteiger partial charge in [0.1, 0.15) is 5.75 Å². The Bertz CT molecular complexity index is 587. The summed E-state index contributed by atoms with van der Waals surface area (Å²) in [6.45, 7) is 8.15. The molecule has 1 aromatic heterocycles. The lowest BCUT2D eigenvalue weighted by Crippen LogP contribution is -2.42. The third-order valence-electron chi connectivity index (χ3n) is 3.41. The summed E-state index contributed by atoms with van der Waals surface area (Å²) in [5, 5.41) is 5.16. The van der Waals surface area contributed by atoms with Crippen molar-refractivity contribution in [2.75, 3.05) is 0 Å². The Morgan fingerprint density at radius 1 is 1.14 bits per heavy atom. The lowest BCUT2D eigenvalue weighted by Gasteiger charge is -2.31. The second kappa shape index (κ2) is 6.97. The molecule has 0 radical (unpaired) electrons. The number of nitrogens with one attached hydrogen (secondary N) is 1. The first kappa shape index (κ1) is 16.6. The van der Waals surface area contributed by atoms with E-state index in [0.29, 0.717) is 5.75 Å². The van der Waals surface area contributed by atoms with E-state index in [9.17, 15) is 4.79 Å². The predicted molar refractivity (Wildman–Crippen MR) is 91.2 cm³/mol.